The predicted molar refractivity (Wildman–Crippen MR) is 59.6 cm³/mol. The van der Waals surface area contributed by atoms with Crippen LogP contribution in [-0.4, -0.2) is 29.1 Å². The molecule has 0 bridgehead atoms. The van der Waals surface area contributed by atoms with E-state index in [1.807, 2.05) is 24.9 Å². The molecule has 1 atom stereocenters. The lowest BCUT2D eigenvalue weighted by Gasteiger charge is -2.23. The topological polar surface area (TPSA) is 40.5 Å². The number of benzene rings is 1. The molecule has 0 aliphatic rings. The fraction of sp³-hybridized carbons (Fsp3) is 0.417. The lowest BCUT2D eigenvalue weighted by Crippen LogP contribution is -2.30. The maximum atomic E-state index is 12.9. The van der Waals surface area contributed by atoms with Crippen LogP contribution in [0.3, 0.4) is 0 Å². The zero-order valence-corrected chi connectivity index (χ0v) is 9.48. The van der Waals surface area contributed by atoms with E-state index in [0.717, 1.165) is 5.56 Å². The fourth-order valence-corrected chi connectivity index (χ4v) is 1.49. The minimum absolute atomic E-state index is 0.0687. The van der Waals surface area contributed by atoms with E-state index in [1.165, 1.54) is 12.1 Å². The maximum Gasteiger partial charge on any atom is 0.304 e. The summed E-state index contributed by atoms with van der Waals surface area (Å²) in [6, 6.07) is 6.27. The van der Waals surface area contributed by atoms with Gasteiger partial charge >= 0.3 is 5.97 Å². The molecular weight excluding hydrogens is 209 g/mol. The van der Waals surface area contributed by atoms with E-state index in [2.05, 4.69) is 0 Å². The molecule has 0 aliphatic carbocycles. The maximum absolute atomic E-state index is 12.9. The molecule has 0 saturated carbocycles. The van der Waals surface area contributed by atoms with Crippen molar-refractivity contribution in [2.45, 2.75) is 25.9 Å². The van der Waals surface area contributed by atoms with Gasteiger partial charge < -0.3 is 5.11 Å². The summed E-state index contributed by atoms with van der Waals surface area (Å²) in [4.78, 5) is 12.4. The third-order valence-corrected chi connectivity index (χ3v) is 2.54. The van der Waals surface area contributed by atoms with Crippen molar-refractivity contribution in [3.05, 3.63) is 35.6 Å². The van der Waals surface area contributed by atoms with Crippen molar-refractivity contribution in [2.75, 3.05) is 7.05 Å². The van der Waals surface area contributed by atoms with Gasteiger partial charge in [-0.05, 0) is 31.7 Å². The van der Waals surface area contributed by atoms with Crippen LogP contribution >= 0.6 is 0 Å². The van der Waals surface area contributed by atoms with Gasteiger partial charge in [-0.2, -0.15) is 0 Å². The van der Waals surface area contributed by atoms with Crippen molar-refractivity contribution in [1.29, 1.82) is 0 Å². The standard InChI is InChI=1S/C12H16FNO2/c1-9(6-12(15)16)14(2)8-10-4-3-5-11(13)7-10/h3-5,7,9H,6,8H2,1-2H3,(H,15,16). The Kier molecular flexibility index (Phi) is 4.43. The van der Waals surface area contributed by atoms with Crippen LogP contribution in [0.15, 0.2) is 24.3 Å². The molecule has 0 aromatic heterocycles. The number of halogens is 1. The van der Waals surface area contributed by atoms with Crippen molar-refractivity contribution in [3.8, 4) is 0 Å². The summed E-state index contributed by atoms with van der Waals surface area (Å²) >= 11 is 0. The van der Waals surface area contributed by atoms with E-state index in [-0.39, 0.29) is 18.3 Å². The molecule has 0 amide bonds. The van der Waals surface area contributed by atoms with Gasteiger partial charge in [-0.25, -0.2) is 4.39 Å². The van der Waals surface area contributed by atoms with Gasteiger partial charge in [0.2, 0.25) is 0 Å². The Balaban J connectivity index is 2.56. The molecule has 0 radical (unpaired) electrons. The largest absolute Gasteiger partial charge is 0.481 e. The first-order valence-corrected chi connectivity index (χ1v) is 5.15. The minimum atomic E-state index is -0.821. The van der Waals surface area contributed by atoms with Crippen LogP contribution in [0.25, 0.3) is 0 Å². The molecule has 0 spiro atoms. The summed E-state index contributed by atoms with van der Waals surface area (Å²) in [6.07, 6.45) is 0.0891. The van der Waals surface area contributed by atoms with Crippen LogP contribution in [-0.2, 0) is 11.3 Å². The molecule has 1 N–H and O–H groups in total. The van der Waals surface area contributed by atoms with Crippen LogP contribution in [0, 0.1) is 5.82 Å². The summed E-state index contributed by atoms with van der Waals surface area (Å²) in [5.74, 6) is -1.09. The van der Waals surface area contributed by atoms with Gasteiger partial charge in [0.05, 0.1) is 6.42 Å². The second-order valence-corrected chi connectivity index (χ2v) is 3.99. The lowest BCUT2D eigenvalue weighted by atomic mass is 10.1. The number of hydrogen-bond acceptors (Lipinski definition) is 2. The van der Waals surface area contributed by atoms with Gasteiger partial charge in [0.25, 0.3) is 0 Å². The predicted octanol–water partition coefficient (Wildman–Crippen LogP) is 2.12. The van der Waals surface area contributed by atoms with Crippen LogP contribution in [0.2, 0.25) is 0 Å². The molecule has 0 saturated heterocycles. The third-order valence-electron chi connectivity index (χ3n) is 2.54. The molecule has 1 unspecified atom stereocenters. The Morgan fingerprint density at radius 2 is 2.25 bits per heavy atom. The van der Waals surface area contributed by atoms with E-state index in [0.29, 0.717) is 6.54 Å². The Morgan fingerprint density at radius 3 is 2.81 bits per heavy atom. The van der Waals surface area contributed by atoms with Crippen molar-refractivity contribution in [1.82, 2.24) is 4.90 Å². The van der Waals surface area contributed by atoms with Gasteiger partial charge in [-0.1, -0.05) is 12.1 Å². The molecule has 3 nitrogen and oxygen atoms in total. The smallest absolute Gasteiger partial charge is 0.304 e. The van der Waals surface area contributed by atoms with Crippen LogP contribution < -0.4 is 0 Å². The number of aliphatic carboxylic acids is 1. The first-order chi connectivity index (χ1) is 7.49. The zero-order chi connectivity index (χ0) is 12.1. The summed E-state index contributed by atoms with van der Waals surface area (Å²) < 4.78 is 12.9. The summed E-state index contributed by atoms with van der Waals surface area (Å²) in [5.41, 5.74) is 0.847. The van der Waals surface area contributed by atoms with Gasteiger partial charge in [0.1, 0.15) is 5.82 Å². The Morgan fingerprint density at radius 1 is 1.56 bits per heavy atom. The highest BCUT2D eigenvalue weighted by atomic mass is 19.1. The molecule has 16 heavy (non-hydrogen) atoms. The van der Waals surface area contributed by atoms with E-state index >= 15 is 0 Å². The molecule has 4 heteroatoms. The SMILES string of the molecule is CC(CC(=O)O)N(C)Cc1cccc(F)c1. The van der Waals surface area contributed by atoms with Gasteiger partial charge in [0.15, 0.2) is 0 Å². The highest BCUT2D eigenvalue weighted by Crippen LogP contribution is 2.09. The number of nitrogens with zero attached hydrogens (tertiary/aromatic N) is 1. The van der Waals surface area contributed by atoms with Crippen molar-refractivity contribution in [3.63, 3.8) is 0 Å². The molecule has 88 valence electrons. The molecule has 0 heterocycles. The lowest BCUT2D eigenvalue weighted by molar-refractivity contribution is -0.138. The summed E-state index contributed by atoms with van der Waals surface area (Å²) in [7, 11) is 1.83. The number of rotatable bonds is 5. The Labute approximate surface area is 94.5 Å². The van der Waals surface area contributed by atoms with Gasteiger partial charge in [-0.15, -0.1) is 0 Å². The van der Waals surface area contributed by atoms with Crippen LogP contribution in [0.4, 0.5) is 4.39 Å². The Bertz CT molecular complexity index is 368. The molecule has 1 rings (SSSR count). The van der Waals surface area contributed by atoms with Crippen molar-refractivity contribution < 1.29 is 14.3 Å². The Hall–Kier alpha value is -1.42. The highest BCUT2D eigenvalue weighted by molar-refractivity contribution is 5.67. The van der Waals surface area contributed by atoms with E-state index < -0.39 is 5.97 Å². The molecular formula is C12H16FNO2. The van der Waals surface area contributed by atoms with E-state index in [1.54, 1.807) is 6.07 Å². The molecule has 1 aromatic rings. The monoisotopic (exact) mass is 225 g/mol. The zero-order valence-electron chi connectivity index (χ0n) is 9.48. The molecule has 0 aliphatic heterocycles. The third kappa shape index (κ3) is 3.98. The number of carboxylic acid groups (broad SMARTS) is 1. The highest BCUT2D eigenvalue weighted by Gasteiger charge is 2.13. The number of carboxylic acids is 1. The van der Waals surface area contributed by atoms with Crippen molar-refractivity contribution in [2.24, 2.45) is 0 Å². The average Bonchev–Trinajstić information content (AvgIpc) is 2.16. The first kappa shape index (κ1) is 12.6. The van der Waals surface area contributed by atoms with Gasteiger partial charge in [-0.3, -0.25) is 9.69 Å². The second kappa shape index (κ2) is 5.61. The summed E-state index contributed by atoms with van der Waals surface area (Å²) in [6.45, 7) is 2.39. The van der Waals surface area contributed by atoms with Crippen molar-refractivity contribution >= 4 is 5.97 Å². The fourth-order valence-electron chi connectivity index (χ4n) is 1.49. The van der Waals surface area contributed by atoms with E-state index in [9.17, 15) is 9.18 Å². The van der Waals surface area contributed by atoms with Crippen LogP contribution in [0.1, 0.15) is 18.9 Å². The number of carbonyl (C=O) groups is 1. The minimum Gasteiger partial charge on any atom is -0.481 e. The number of hydrogen-bond donors (Lipinski definition) is 1. The average molecular weight is 225 g/mol. The first-order valence-electron chi connectivity index (χ1n) is 5.15. The quantitative estimate of drug-likeness (QED) is 0.834. The van der Waals surface area contributed by atoms with Crippen LogP contribution in [0.5, 0.6) is 0 Å². The molecule has 0 fully saturated rings. The molecule has 1 aromatic carbocycles. The van der Waals surface area contributed by atoms with Gasteiger partial charge in [0, 0.05) is 12.6 Å². The second-order valence-electron chi connectivity index (χ2n) is 3.99. The van der Waals surface area contributed by atoms with E-state index in [4.69, 9.17) is 5.11 Å². The summed E-state index contributed by atoms with van der Waals surface area (Å²) in [5, 5.41) is 8.66. The normalized spacial score (nSPS) is 12.8.